The number of aryl methyl sites for hydroxylation is 2. The van der Waals surface area contributed by atoms with Crippen molar-refractivity contribution in [2.24, 2.45) is 17.6 Å². The van der Waals surface area contributed by atoms with Crippen molar-refractivity contribution in [2.75, 3.05) is 53.5 Å². The number of carbonyl (C=O) groups excluding carboxylic acids is 4. The van der Waals surface area contributed by atoms with E-state index in [0.717, 1.165) is 155 Å². The van der Waals surface area contributed by atoms with Crippen molar-refractivity contribution in [1.29, 1.82) is 0 Å². The van der Waals surface area contributed by atoms with Gasteiger partial charge in [0.25, 0.3) is 5.91 Å². The highest BCUT2D eigenvalue weighted by atomic mass is 16.2. The largest absolute Gasteiger partial charge is 0.345 e. The SMILES string of the molecule is CN[C@@H](C)C(=O)N[C@H](C(=O)C1CCCN1CN(CCCCN(C[C@@H]1CCCN1C(=O)[C@@H](NC(=O)[C@H](N)NC)C1CCCCC1)C1CCc2ccccc21)C1CCc2ccccc21)C1CCCCC1. The molecule has 4 aliphatic carbocycles. The van der Waals surface area contributed by atoms with Crippen LogP contribution in [0.5, 0.6) is 0 Å². The van der Waals surface area contributed by atoms with Crippen molar-refractivity contribution in [2.45, 2.75) is 184 Å². The smallest absolute Gasteiger partial charge is 0.252 e. The third-order valence-electron chi connectivity index (χ3n) is 17.2. The van der Waals surface area contributed by atoms with Gasteiger partial charge in [-0.15, -0.1) is 0 Å². The average Bonchev–Trinajstić information content (AvgIpc) is 4.22. The maximum absolute atomic E-state index is 14.8. The monoisotopic (exact) mass is 936 g/mol. The van der Waals surface area contributed by atoms with Gasteiger partial charge in [-0.3, -0.25) is 39.2 Å². The topological polar surface area (TPSA) is 155 Å². The molecular weight excluding hydrogens is 851 g/mol. The van der Waals surface area contributed by atoms with Gasteiger partial charge in [0.1, 0.15) is 12.2 Å². The van der Waals surface area contributed by atoms with E-state index in [1.807, 2.05) is 6.92 Å². The number of carbonyl (C=O) groups is 4. The number of rotatable bonds is 22. The molecule has 3 unspecified atom stereocenters. The molecule has 13 heteroatoms. The Morgan fingerprint density at radius 3 is 1.82 bits per heavy atom. The second kappa shape index (κ2) is 24.4. The zero-order valence-electron chi connectivity index (χ0n) is 41.8. The third kappa shape index (κ3) is 12.1. The Hall–Kier alpha value is -3.72. The van der Waals surface area contributed by atoms with Crippen molar-refractivity contribution in [3.63, 3.8) is 0 Å². The molecule has 0 radical (unpaired) electrons. The number of likely N-dealkylation sites (tertiary alicyclic amines) is 2. The summed E-state index contributed by atoms with van der Waals surface area (Å²) in [6, 6.07) is 17.0. The van der Waals surface area contributed by atoms with Crippen LogP contribution in [0.15, 0.2) is 48.5 Å². The molecule has 4 fully saturated rings. The number of amides is 3. The Kier molecular flexibility index (Phi) is 18.2. The molecule has 0 aromatic heterocycles. The van der Waals surface area contributed by atoms with E-state index >= 15 is 0 Å². The molecule has 374 valence electrons. The highest BCUT2D eigenvalue weighted by Crippen LogP contribution is 2.39. The van der Waals surface area contributed by atoms with Crippen LogP contribution in [0.1, 0.15) is 157 Å². The van der Waals surface area contributed by atoms with Crippen LogP contribution in [0.2, 0.25) is 0 Å². The average molecular weight is 936 g/mol. The molecule has 68 heavy (non-hydrogen) atoms. The standard InChI is InChI=1S/C55H85N9O4/c1-38(57-2)53(66)59-49(41-20-6-4-7-21-41)51(65)48-27-17-34-63(48)37-62(47-31-29-40-19-11-13-26-45(40)47)33-15-14-32-61(46-30-28-39-18-10-12-25-44(39)46)36-43-24-16-35-64(43)55(68)50(42-22-8-5-9-23-42)60-54(67)52(56)58-3/h10-13,18-19,25-26,38,41-43,46-50,52,57-58H,4-9,14-17,20-24,27-37,56H2,1-3H3,(H,59,66)(H,60,67)/t38-,43-,46?,47?,48?,49-,50-,52+/m0/s1. The van der Waals surface area contributed by atoms with Crippen LogP contribution in [0.3, 0.4) is 0 Å². The first-order valence-corrected chi connectivity index (χ1v) is 27.1. The van der Waals surface area contributed by atoms with Crippen molar-refractivity contribution in [3.8, 4) is 0 Å². The summed E-state index contributed by atoms with van der Waals surface area (Å²) in [5.74, 6) is 0.182. The second-order valence-electron chi connectivity index (χ2n) is 21.4. The fourth-order valence-corrected chi connectivity index (χ4v) is 13.2. The van der Waals surface area contributed by atoms with E-state index in [0.29, 0.717) is 12.1 Å². The summed E-state index contributed by atoms with van der Waals surface area (Å²) in [4.78, 5) is 66.1. The summed E-state index contributed by atoms with van der Waals surface area (Å²) < 4.78 is 0. The van der Waals surface area contributed by atoms with Gasteiger partial charge in [-0.25, -0.2) is 0 Å². The molecule has 2 saturated carbocycles. The van der Waals surface area contributed by atoms with Gasteiger partial charge < -0.3 is 26.6 Å². The van der Waals surface area contributed by atoms with E-state index in [4.69, 9.17) is 5.73 Å². The van der Waals surface area contributed by atoms with E-state index in [1.54, 1.807) is 14.1 Å². The number of likely N-dealkylation sites (N-methyl/N-ethyl adjacent to an activating group) is 2. The summed E-state index contributed by atoms with van der Waals surface area (Å²) in [7, 11) is 3.48. The zero-order chi connectivity index (χ0) is 47.6. The second-order valence-corrected chi connectivity index (χ2v) is 21.4. The Balaban J connectivity index is 0.979. The minimum Gasteiger partial charge on any atom is -0.345 e. The molecule has 2 heterocycles. The number of fused-ring (bicyclic) bond motifs is 2. The van der Waals surface area contributed by atoms with Crippen LogP contribution in [0.4, 0.5) is 0 Å². The van der Waals surface area contributed by atoms with Crippen molar-refractivity contribution in [3.05, 3.63) is 70.8 Å². The summed E-state index contributed by atoms with van der Waals surface area (Å²) in [6.45, 7) is 6.90. The van der Waals surface area contributed by atoms with Crippen LogP contribution >= 0.6 is 0 Å². The minimum atomic E-state index is -0.857. The normalized spacial score (nSPS) is 25.3. The first kappa shape index (κ1) is 50.7. The fraction of sp³-hybridized carbons (Fsp3) is 0.709. The zero-order valence-corrected chi connectivity index (χ0v) is 41.8. The van der Waals surface area contributed by atoms with Gasteiger partial charge in [0.15, 0.2) is 5.78 Å². The number of hydrogen-bond donors (Lipinski definition) is 5. The Morgan fingerprint density at radius 2 is 1.21 bits per heavy atom. The minimum absolute atomic E-state index is 0.0639. The maximum Gasteiger partial charge on any atom is 0.252 e. The number of ketones is 1. The van der Waals surface area contributed by atoms with Gasteiger partial charge in [0, 0.05) is 44.3 Å². The van der Waals surface area contributed by atoms with E-state index in [2.05, 4.69) is 89.4 Å². The van der Waals surface area contributed by atoms with Gasteiger partial charge in [0.2, 0.25) is 11.8 Å². The van der Waals surface area contributed by atoms with Crippen LogP contribution in [-0.2, 0) is 32.0 Å². The van der Waals surface area contributed by atoms with Crippen LogP contribution in [0.25, 0.3) is 0 Å². The lowest BCUT2D eigenvalue weighted by Gasteiger charge is -2.39. The number of nitrogens with two attached hydrogens (primary N) is 1. The van der Waals surface area contributed by atoms with Gasteiger partial charge >= 0.3 is 0 Å². The number of Topliss-reactive ketones (excluding diaryl/α,β-unsaturated/α-hetero) is 1. The molecular formula is C55H85N9O4. The molecule has 13 nitrogen and oxygen atoms in total. The van der Waals surface area contributed by atoms with Gasteiger partial charge in [-0.2, -0.15) is 0 Å². The quantitative estimate of drug-likeness (QED) is 0.0705. The van der Waals surface area contributed by atoms with E-state index < -0.39 is 18.2 Å². The van der Waals surface area contributed by atoms with E-state index in [-0.39, 0.29) is 53.5 Å². The first-order valence-electron chi connectivity index (χ1n) is 27.1. The molecule has 6 N–H and O–H groups in total. The molecule has 2 saturated heterocycles. The molecule has 2 aromatic carbocycles. The Morgan fingerprint density at radius 1 is 0.647 bits per heavy atom. The Labute approximate surface area is 407 Å². The highest BCUT2D eigenvalue weighted by Gasteiger charge is 2.43. The lowest BCUT2D eigenvalue weighted by atomic mass is 9.80. The predicted octanol–water partition coefficient (Wildman–Crippen LogP) is 5.97. The third-order valence-corrected chi connectivity index (χ3v) is 17.2. The fourth-order valence-electron chi connectivity index (χ4n) is 13.2. The summed E-state index contributed by atoms with van der Waals surface area (Å²) in [5, 5.41) is 12.3. The summed E-state index contributed by atoms with van der Waals surface area (Å²) >= 11 is 0. The van der Waals surface area contributed by atoms with Gasteiger partial charge in [-0.1, -0.05) is 87.1 Å². The highest BCUT2D eigenvalue weighted by molar-refractivity contribution is 5.94. The van der Waals surface area contributed by atoms with Crippen molar-refractivity contribution in [1.82, 2.24) is 40.9 Å². The lowest BCUT2D eigenvalue weighted by Crippen LogP contribution is -2.59. The molecule has 2 aromatic rings. The predicted molar refractivity (Wildman–Crippen MR) is 269 cm³/mol. The van der Waals surface area contributed by atoms with Gasteiger partial charge in [0.05, 0.1) is 24.8 Å². The molecule has 0 bridgehead atoms. The molecule has 8 atom stereocenters. The van der Waals surface area contributed by atoms with E-state index in [9.17, 15) is 19.2 Å². The number of nitrogens with zero attached hydrogens (tertiary/aromatic N) is 4. The summed E-state index contributed by atoms with van der Waals surface area (Å²) in [6.07, 6.45) is 19.9. The number of benzene rings is 2. The van der Waals surface area contributed by atoms with Crippen LogP contribution in [0, 0.1) is 11.8 Å². The van der Waals surface area contributed by atoms with Crippen molar-refractivity contribution < 1.29 is 19.2 Å². The molecule has 8 rings (SSSR count). The van der Waals surface area contributed by atoms with Crippen molar-refractivity contribution >= 4 is 23.5 Å². The van der Waals surface area contributed by atoms with Gasteiger partial charge in [-0.05, 0) is 152 Å². The molecule has 3 amide bonds. The molecule has 0 spiro atoms. The van der Waals surface area contributed by atoms with Crippen LogP contribution < -0.4 is 27.0 Å². The van der Waals surface area contributed by atoms with Crippen LogP contribution in [-0.4, -0.2) is 133 Å². The molecule has 2 aliphatic heterocycles. The first-order chi connectivity index (χ1) is 33.1. The lowest BCUT2D eigenvalue weighted by molar-refractivity contribution is -0.140. The van der Waals surface area contributed by atoms with E-state index in [1.165, 1.54) is 35.1 Å². The Bertz CT molecular complexity index is 1850. The summed E-state index contributed by atoms with van der Waals surface area (Å²) in [5.41, 5.74) is 11.8. The number of hydrogen-bond acceptors (Lipinski definition) is 10. The maximum atomic E-state index is 14.8. The molecule has 6 aliphatic rings. The number of nitrogens with one attached hydrogen (secondary N) is 4. The number of unbranched alkanes of at least 4 members (excludes halogenated alkanes) is 1.